The maximum Gasteiger partial charge on any atom is 0.0660 e. The Bertz CT molecular complexity index is 1730. The Morgan fingerprint density at radius 2 is 0.881 bits per heavy atom. The molecule has 0 saturated carbocycles. The zero-order chi connectivity index (χ0) is 29.4. The minimum absolute atomic E-state index is 0. The molecule has 8 bridgehead atoms. The van der Waals surface area contributed by atoms with E-state index in [-0.39, 0.29) is 20.4 Å². The first kappa shape index (κ1) is 32.1. The van der Waals surface area contributed by atoms with Crippen molar-refractivity contribution in [2.24, 2.45) is 0 Å². The molecule has 3 aromatic heterocycles. The summed E-state index contributed by atoms with van der Waals surface area (Å²) in [5.41, 5.74) is 19.6. The van der Waals surface area contributed by atoms with Crippen molar-refractivity contribution in [3.05, 3.63) is 75.7 Å². The summed E-state index contributed by atoms with van der Waals surface area (Å²) < 4.78 is 0. The van der Waals surface area contributed by atoms with Crippen molar-refractivity contribution in [3.63, 3.8) is 0 Å². The van der Waals surface area contributed by atoms with Crippen molar-refractivity contribution >= 4 is 44.4 Å². The van der Waals surface area contributed by atoms with Crippen molar-refractivity contribution in [3.8, 4) is 0 Å². The fraction of sp³-hybridized carbons (Fsp3) is 0.432. The second kappa shape index (κ2) is 13.2. The Balaban J connectivity index is 0.00000405. The first-order valence-corrected chi connectivity index (χ1v) is 15.9. The summed E-state index contributed by atoms with van der Waals surface area (Å²) in [7, 11) is 0. The molecule has 2 aliphatic rings. The molecule has 42 heavy (non-hydrogen) atoms. The van der Waals surface area contributed by atoms with Gasteiger partial charge in [0.1, 0.15) is 0 Å². The van der Waals surface area contributed by atoms with E-state index in [0.717, 1.165) is 102 Å². The van der Waals surface area contributed by atoms with Crippen molar-refractivity contribution in [2.75, 3.05) is 0 Å². The number of hydrogen-bond donors (Lipinski definition) is 0. The Morgan fingerprint density at radius 3 is 1.31 bits per heavy atom. The number of nitrogens with zero attached hydrogens (tertiary/aromatic N) is 4. The van der Waals surface area contributed by atoms with E-state index in [2.05, 4.69) is 80.5 Å². The van der Waals surface area contributed by atoms with Gasteiger partial charge < -0.3 is 15.0 Å². The number of fused-ring (bicyclic) bond motifs is 8. The molecule has 3 aromatic rings. The number of hydrogen-bond acceptors (Lipinski definition) is 2. The predicted molar refractivity (Wildman–Crippen MR) is 176 cm³/mol. The monoisotopic (exact) mass is 651 g/mol. The van der Waals surface area contributed by atoms with Crippen LogP contribution in [0.4, 0.5) is 0 Å². The first-order valence-electron chi connectivity index (χ1n) is 15.9. The molecule has 0 radical (unpaired) electrons. The van der Waals surface area contributed by atoms with Crippen LogP contribution in [0, 0.1) is 6.92 Å². The third kappa shape index (κ3) is 5.14. The fourth-order valence-electron chi connectivity index (χ4n) is 7.10. The van der Waals surface area contributed by atoms with Gasteiger partial charge in [0.25, 0.3) is 0 Å². The van der Waals surface area contributed by atoms with Gasteiger partial charge in [-0.1, -0.05) is 95.9 Å². The van der Waals surface area contributed by atoms with Crippen LogP contribution in [0.5, 0.6) is 0 Å². The van der Waals surface area contributed by atoms with Crippen molar-refractivity contribution in [1.82, 2.24) is 19.9 Å². The first-order chi connectivity index (χ1) is 19.9. The standard InChI is InChI=1S/C37H45N4.Pd/c1-10-22-24(12-3)32-19-34-26(14-5)28(16-7)36(40-34)21(9)37-29(17-8)27(15-6)35(41-37)20-33-25(13-4)23(11-2)31(39-33)18-30(22)38-32;/h18-20H,9-17H2,1-8H3;/q-3;. The van der Waals surface area contributed by atoms with Crippen molar-refractivity contribution in [1.29, 1.82) is 0 Å². The predicted octanol–water partition coefficient (Wildman–Crippen LogP) is 9.46. The quantitative estimate of drug-likeness (QED) is 0.180. The van der Waals surface area contributed by atoms with Gasteiger partial charge in [0.15, 0.2) is 0 Å². The van der Waals surface area contributed by atoms with E-state index in [1.54, 1.807) is 0 Å². The maximum atomic E-state index is 5.29. The molecular weight excluding hydrogens is 607 g/mol. The molecular formula is C37H45N4Pd-3. The summed E-state index contributed by atoms with van der Waals surface area (Å²) in [6.07, 6.45) is 7.42. The van der Waals surface area contributed by atoms with Crippen LogP contribution in [0.2, 0.25) is 0 Å². The van der Waals surface area contributed by atoms with Crippen LogP contribution in [0.3, 0.4) is 0 Å². The molecule has 0 N–H and O–H groups in total. The van der Waals surface area contributed by atoms with E-state index >= 15 is 0 Å². The van der Waals surface area contributed by atoms with Gasteiger partial charge in [-0.2, -0.15) is 12.5 Å². The van der Waals surface area contributed by atoms with E-state index in [0.29, 0.717) is 0 Å². The largest absolute Gasteiger partial charge is 0.715 e. The zero-order valence-electron chi connectivity index (χ0n) is 26.7. The van der Waals surface area contributed by atoms with Crippen molar-refractivity contribution in [2.45, 2.75) is 107 Å². The molecule has 0 aromatic carbocycles. The molecule has 5 rings (SSSR count). The van der Waals surface area contributed by atoms with Gasteiger partial charge in [-0.25, -0.2) is 10.5 Å². The fourth-order valence-corrected chi connectivity index (χ4v) is 7.10. The smallest absolute Gasteiger partial charge is 0.0660 e. The van der Waals surface area contributed by atoms with Crippen LogP contribution in [-0.4, -0.2) is 9.97 Å². The average Bonchev–Trinajstić information content (AvgIpc) is 3.71. The summed E-state index contributed by atoms with van der Waals surface area (Å²) in [6, 6.07) is 6.70. The summed E-state index contributed by atoms with van der Waals surface area (Å²) in [4.78, 5) is 21.1. The van der Waals surface area contributed by atoms with Gasteiger partial charge >= 0.3 is 0 Å². The molecule has 226 valence electrons. The van der Waals surface area contributed by atoms with Gasteiger partial charge in [0, 0.05) is 26.1 Å². The number of allylic oxidation sites excluding steroid dienone is 4. The van der Waals surface area contributed by atoms with Gasteiger partial charge in [-0.3, -0.25) is 0 Å². The third-order valence-corrected chi connectivity index (χ3v) is 9.05. The summed E-state index contributed by atoms with van der Waals surface area (Å²) in [6.45, 7) is 22.5. The summed E-state index contributed by atoms with van der Waals surface area (Å²) >= 11 is 0. The Morgan fingerprint density at radius 1 is 0.500 bits per heavy atom. The van der Waals surface area contributed by atoms with Crippen molar-refractivity contribution < 1.29 is 20.4 Å². The Labute approximate surface area is 266 Å². The van der Waals surface area contributed by atoms with E-state index in [1.807, 2.05) is 0 Å². The van der Waals surface area contributed by atoms with Gasteiger partial charge in [-0.15, -0.1) is 22.1 Å². The second-order valence-corrected chi connectivity index (χ2v) is 11.0. The summed E-state index contributed by atoms with van der Waals surface area (Å²) in [5.74, 6) is 0. The van der Waals surface area contributed by atoms with Gasteiger partial charge in [0.2, 0.25) is 0 Å². The molecule has 0 unspecified atom stereocenters. The van der Waals surface area contributed by atoms with E-state index in [9.17, 15) is 0 Å². The van der Waals surface area contributed by atoms with E-state index in [1.165, 1.54) is 44.5 Å². The minimum atomic E-state index is 0. The molecule has 0 aliphatic carbocycles. The van der Waals surface area contributed by atoms with Crippen LogP contribution in [-0.2, 0) is 46.1 Å². The normalized spacial score (nSPS) is 13.2. The SMILES string of the molecule is [CH2-]c1c2nc(cc3[n-]c(cc4nc(cc5[n-]c1c(CC)c5CC)C(CC)=C4CC)c(CC)c3CC)C(CC)=C2CC.[Pd]. The molecule has 4 nitrogen and oxygen atoms in total. The molecule has 0 fully saturated rings. The van der Waals surface area contributed by atoms with Crippen LogP contribution in [0.15, 0.2) is 18.2 Å². The second-order valence-electron chi connectivity index (χ2n) is 11.0. The topological polar surface area (TPSA) is 54.0 Å². The molecule has 0 saturated heterocycles. The van der Waals surface area contributed by atoms with Gasteiger partial charge in [-0.05, 0) is 73.8 Å². The van der Waals surface area contributed by atoms with Gasteiger partial charge in [0.05, 0.1) is 11.4 Å². The molecule has 2 aliphatic heterocycles. The molecule has 0 atom stereocenters. The molecule has 0 amide bonds. The number of aryl methyl sites for hydroxylation is 4. The molecule has 5 heteroatoms. The van der Waals surface area contributed by atoms with Crippen LogP contribution >= 0.6 is 0 Å². The van der Waals surface area contributed by atoms with Crippen LogP contribution < -0.4 is 9.97 Å². The van der Waals surface area contributed by atoms with Crippen LogP contribution in [0.25, 0.3) is 44.4 Å². The maximum absolute atomic E-state index is 5.29. The van der Waals surface area contributed by atoms with Crippen LogP contribution in [0.1, 0.15) is 132 Å². The number of rotatable bonds is 8. The molecule has 5 heterocycles. The third-order valence-electron chi connectivity index (χ3n) is 9.05. The Hall–Kier alpha value is -2.87. The molecule has 0 spiro atoms. The Kier molecular flexibility index (Phi) is 10.1. The average molecular weight is 652 g/mol. The number of aromatic nitrogens is 4. The summed E-state index contributed by atoms with van der Waals surface area (Å²) in [5, 5.41) is 0. The zero-order valence-corrected chi connectivity index (χ0v) is 28.3. The van der Waals surface area contributed by atoms with E-state index in [4.69, 9.17) is 19.9 Å². The minimum Gasteiger partial charge on any atom is -0.715 e. The van der Waals surface area contributed by atoms with E-state index < -0.39 is 0 Å².